The van der Waals surface area contributed by atoms with Gasteiger partial charge in [-0.2, -0.15) is 0 Å². The minimum Gasteiger partial charge on any atom is -0.444 e. The highest BCUT2D eigenvalue weighted by molar-refractivity contribution is 5.67. The van der Waals surface area contributed by atoms with Gasteiger partial charge in [0.2, 0.25) is 0 Å². The van der Waals surface area contributed by atoms with E-state index < -0.39 is 5.60 Å². The van der Waals surface area contributed by atoms with Crippen LogP contribution in [0, 0.1) is 5.92 Å². The van der Waals surface area contributed by atoms with Crippen LogP contribution in [0.3, 0.4) is 0 Å². The van der Waals surface area contributed by atoms with Gasteiger partial charge in [-0.3, -0.25) is 0 Å². The lowest BCUT2D eigenvalue weighted by Gasteiger charge is -2.21. The molecule has 3 nitrogen and oxygen atoms in total. The third-order valence-corrected chi connectivity index (χ3v) is 2.13. The van der Waals surface area contributed by atoms with E-state index in [-0.39, 0.29) is 6.09 Å². The molecule has 0 aromatic rings. The summed E-state index contributed by atoms with van der Waals surface area (Å²) in [6.45, 7) is 12.1. The molecule has 0 unspecified atom stereocenters. The second-order valence-electron chi connectivity index (χ2n) is 5.06. The molecule has 0 saturated heterocycles. The number of hydrogen-bond donors (Lipinski definition) is 1. The first kappa shape index (κ1) is 15.0. The third-order valence-electron chi connectivity index (χ3n) is 2.13. The summed E-state index contributed by atoms with van der Waals surface area (Å²) in [6.07, 6.45) is 4.72. The fourth-order valence-electron chi connectivity index (χ4n) is 1.49. The Labute approximate surface area is 99.3 Å². The van der Waals surface area contributed by atoms with Crippen LogP contribution in [-0.2, 0) is 4.74 Å². The molecule has 0 fully saturated rings. The van der Waals surface area contributed by atoms with Crippen molar-refractivity contribution in [3.05, 3.63) is 12.7 Å². The molecule has 1 atom stereocenters. The van der Waals surface area contributed by atoms with Crippen LogP contribution < -0.4 is 5.32 Å². The zero-order valence-electron chi connectivity index (χ0n) is 11.0. The molecule has 0 spiro atoms. The SMILES string of the molecule is C=CC[C@@H](CCC)CNC(=O)OC(C)(C)C. The first-order valence-corrected chi connectivity index (χ1v) is 5.96. The lowest BCUT2D eigenvalue weighted by Crippen LogP contribution is -2.35. The lowest BCUT2D eigenvalue weighted by atomic mass is 10.00. The van der Waals surface area contributed by atoms with E-state index in [0.29, 0.717) is 12.5 Å². The molecule has 0 heterocycles. The van der Waals surface area contributed by atoms with Gasteiger partial charge in [-0.1, -0.05) is 19.4 Å². The van der Waals surface area contributed by atoms with Crippen molar-refractivity contribution < 1.29 is 9.53 Å². The smallest absolute Gasteiger partial charge is 0.407 e. The van der Waals surface area contributed by atoms with Crippen LogP contribution in [0.5, 0.6) is 0 Å². The highest BCUT2D eigenvalue weighted by Gasteiger charge is 2.16. The van der Waals surface area contributed by atoms with Gasteiger partial charge in [-0.15, -0.1) is 6.58 Å². The van der Waals surface area contributed by atoms with Crippen LogP contribution in [-0.4, -0.2) is 18.2 Å². The summed E-state index contributed by atoms with van der Waals surface area (Å²) in [4.78, 5) is 11.4. The Hall–Kier alpha value is -0.990. The van der Waals surface area contributed by atoms with E-state index in [1.165, 1.54) is 0 Å². The molecule has 1 amide bonds. The second-order valence-corrected chi connectivity index (χ2v) is 5.06. The zero-order valence-corrected chi connectivity index (χ0v) is 11.0. The molecule has 0 aliphatic heterocycles. The van der Waals surface area contributed by atoms with Crippen molar-refractivity contribution in [2.45, 2.75) is 52.6 Å². The summed E-state index contributed by atoms with van der Waals surface area (Å²) >= 11 is 0. The number of nitrogens with one attached hydrogen (secondary N) is 1. The summed E-state index contributed by atoms with van der Waals surface area (Å²) in [5, 5.41) is 2.80. The van der Waals surface area contributed by atoms with Gasteiger partial charge in [0.15, 0.2) is 0 Å². The molecule has 0 saturated carbocycles. The Morgan fingerprint density at radius 3 is 2.56 bits per heavy atom. The lowest BCUT2D eigenvalue weighted by molar-refractivity contribution is 0.0518. The molecule has 0 aliphatic rings. The van der Waals surface area contributed by atoms with Gasteiger partial charge in [-0.25, -0.2) is 4.79 Å². The molecule has 0 bridgehead atoms. The van der Waals surface area contributed by atoms with Crippen LogP contribution >= 0.6 is 0 Å². The van der Waals surface area contributed by atoms with E-state index in [1.54, 1.807) is 0 Å². The molecule has 0 rings (SSSR count). The van der Waals surface area contributed by atoms with E-state index in [2.05, 4.69) is 18.8 Å². The number of alkyl carbamates (subject to hydrolysis) is 1. The predicted octanol–water partition coefficient (Wildman–Crippen LogP) is 3.50. The number of carbonyl (C=O) groups is 1. The van der Waals surface area contributed by atoms with Crippen LogP contribution in [0.1, 0.15) is 47.0 Å². The molecule has 0 aliphatic carbocycles. The Kier molecular flexibility index (Phi) is 6.86. The predicted molar refractivity (Wildman–Crippen MR) is 67.4 cm³/mol. The number of rotatable bonds is 6. The molecule has 0 radical (unpaired) electrons. The average Bonchev–Trinajstić information content (AvgIpc) is 2.12. The van der Waals surface area contributed by atoms with Gasteiger partial charge in [0.05, 0.1) is 0 Å². The minimum absolute atomic E-state index is 0.335. The molecule has 0 aromatic heterocycles. The summed E-state index contributed by atoms with van der Waals surface area (Å²) in [7, 11) is 0. The van der Waals surface area contributed by atoms with Gasteiger partial charge < -0.3 is 10.1 Å². The first-order valence-electron chi connectivity index (χ1n) is 5.96. The normalized spacial score (nSPS) is 13.0. The van der Waals surface area contributed by atoms with E-state index in [9.17, 15) is 4.79 Å². The van der Waals surface area contributed by atoms with Crippen molar-refractivity contribution in [3.8, 4) is 0 Å². The summed E-state index contributed by atoms with van der Waals surface area (Å²) in [6, 6.07) is 0. The van der Waals surface area contributed by atoms with E-state index >= 15 is 0 Å². The Morgan fingerprint density at radius 1 is 1.50 bits per heavy atom. The van der Waals surface area contributed by atoms with Crippen LogP contribution in [0.25, 0.3) is 0 Å². The minimum atomic E-state index is -0.428. The molecule has 16 heavy (non-hydrogen) atoms. The summed E-state index contributed by atoms with van der Waals surface area (Å²) < 4.78 is 5.17. The average molecular weight is 227 g/mol. The highest BCUT2D eigenvalue weighted by atomic mass is 16.6. The van der Waals surface area contributed by atoms with Crippen LogP contribution in [0.4, 0.5) is 4.79 Å². The number of hydrogen-bond acceptors (Lipinski definition) is 2. The van der Waals surface area contributed by atoms with Crippen molar-refractivity contribution in [2.75, 3.05) is 6.54 Å². The van der Waals surface area contributed by atoms with E-state index in [0.717, 1.165) is 19.3 Å². The number of amides is 1. The summed E-state index contributed by atoms with van der Waals surface area (Å²) in [5.74, 6) is 0.468. The Bertz CT molecular complexity index is 218. The van der Waals surface area contributed by atoms with Gasteiger partial charge in [-0.05, 0) is 39.5 Å². The maximum Gasteiger partial charge on any atom is 0.407 e. The maximum absolute atomic E-state index is 11.4. The molecule has 3 heteroatoms. The van der Waals surface area contributed by atoms with E-state index in [4.69, 9.17) is 4.74 Å². The van der Waals surface area contributed by atoms with Crippen molar-refractivity contribution in [2.24, 2.45) is 5.92 Å². The Morgan fingerprint density at radius 2 is 2.12 bits per heavy atom. The standard InChI is InChI=1S/C13H25NO2/c1-6-8-11(9-7-2)10-14-12(15)16-13(3,4)5/h6,11H,1,7-10H2,2-5H3,(H,14,15)/t11-/m0/s1. The van der Waals surface area contributed by atoms with Crippen molar-refractivity contribution in [1.29, 1.82) is 0 Å². The largest absolute Gasteiger partial charge is 0.444 e. The maximum atomic E-state index is 11.4. The van der Waals surface area contributed by atoms with Crippen LogP contribution in [0.15, 0.2) is 12.7 Å². The van der Waals surface area contributed by atoms with Gasteiger partial charge in [0.1, 0.15) is 5.60 Å². The molecule has 94 valence electrons. The fourth-order valence-corrected chi connectivity index (χ4v) is 1.49. The topological polar surface area (TPSA) is 38.3 Å². The molecule has 0 aromatic carbocycles. The number of carbonyl (C=O) groups excluding carboxylic acids is 1. The monoisotopic (exact) mass is 227 g/mol. The van der Waals surface area contributed by atoms with Gasteiger partial charge in [0.25, 0.3) is 0 Å². The quantitative estimate of drug-likeness (QED) is 0.705. The number of ether oxygens (including phenoxy) is 1. The molecule has 1 N–H and O–H groups in total. The highest BCUT2D eigenvalue weighted by Crippen LogP contribution is 2.11. The van der Waals surface area contributed by atoms with Crippen molar-refractivity contribution in [3.63, 3.8) is 0 Å². The van der Waals surface area contributed by atoms with Crippen LogP contribution in [0.2, 0.25) is 0 Å². The molecular formula is C13H25NO2. The third kappa shape index (κ3) is 8.33. The second kappa shape index (κ2) is 7.31. The van der Waals surface area contributed by atoms with Gasteiger partial charge in [0, 0.05) is 6.54 Å². The van der Waals surface area contributed by atoms with E-state index in [1.807, 2.05) is 26.8 Å². The van der Waals surface area contributed by atoms with Crippen molar-refractivity contribution in [1.82, 2.24) is 5.32 Å². The fraction of sp³-hybridized carbons (Fsp3) is 0.769. The summed E-state index contributed by atoms with van der Waals surface area (Å²) in [5.41, 5.74) is -0.428. The first-order chi connectivity index (χ1) is 7.39. The Balaban J connectivity index is 3.91. The number of allylic oxidation sites excluding steroid dienone is 1. The zero-order chi connectivity index (χ0) is 12.6. The van der Waals surface area contributed by atoms with Crippen molar-refractivity contribution >= 4 is 6.09 Å². The van der Waals surface area contributed by atoms with Gasteiger partial charge >= 0.3 is 6.09 Å². The molecular weight excluding hydrogens is 202 g/mol.